The van der Waals surface area contributed by atoms with Crippen LogP contribution in [0, 0.1) is 11.8 Å². The fourth-order valence-electron chi connectivity index (χ4n) is 6.93. The Hall–Kier alpha value is -2.60. The third kappa shape index (κ3) is 3.10. The van der Waals surface area contributed by atoms with Crippen LogP contribution in [0.15, 0.2) is 48.5 Å². The van der Waals surface area contributed by atoms with Crippen LogP contribution in [0.1, 0.15) is 59.8 Å². The van der Waals surface area contributed by atoms with Gasteiger partial charge in [0.1, 0.15) is 6.04 Å². The second kappa shape index (κ2) is 8.56. The third-order valence-electron chi connectivity index (χ3n) is 8.34. The first-order chi connectivity index (χ1) is 16.6. The van der Waals surface area contributed by atoms with Crippen molar-refractivity contribution in [3.8, 4) is 0 Å². The summed E-state index contributed by atoms with van der Waals surface area (Å²) in [5.41, 5.74) is 4.66. The maximum Gasteiger partial charge on any atom is 0.245 e. The van der Waals surface area contributed by atoms with Crippen molar-refractivity contribution >= 4 is 29.5 Å². The van der Waals surface area contributed by atoms with Crippen LogP contribution in [0.4, 0.5) is 0 Å². The maximum absolute atomic E-state index is 14.1. The summed E-state index contributed by atoms with van der Waals surface area (Å²) in [4.78, 5) is 45.1. The van der Waals surface area contributed by atoms with Crippen LogP contribution in [0.3, 0.4) is 0 Å². The second-order valence-corrected chi connectivity index (χ2v) is 11.0. The Labute approximate surface area is 204 Å². The summed E-state index contributed by atoms with van der Waals surface area (Å²) in [6.45, 7) is 1.44. The van der Waals surface area contributed by atoms with Gasteiger partial charge in [-0.25, -0.2) is 0 Å². The average Bonchev–Trinajstić information content (AvgIpc) is 3.15. The molecule has 2 aromatic rings. The quantitative estimate of drug-likeness (QED) is 0.615. The Morgan fingerprint density at radius 3 is 1.76 bits per heavy atom. The summed E-state index contributed by atoms with van der Waals surface area (Å²) in [6, 6.07) is 15.9. The van der Waals surface area contributed by atoms with Gasteiger partial charge in [-0.05, 0) is 59.9 Å². The lowest BCUT2D eigenvalue weighted by Crippen LogP contribution is -2.52. The summed E-state index contributed by atoms with van der Waals surface area (Å²) in [5, 5.41) is 0. The van der Waals surface area contributed by atoms with E-state index in [1.165, 1.54) is 27.2 Å². The number of carbonyl (C=O) groups is 3. The molecule has 5 nitrogen and oxygen atoms in total. The number of imide groups is 1. The lowest BCUT2D eigenvalue weighted by molar-refractivity contribution is -0.152. The van der Waals surface area contributed by atoms with Crippen molar-refractivity contribution in [2.75, 3.05) is 25.1 Å². The molecule has 2 heterocycles. The molecule has 2 fully saturated rings. The molecular weight excluding hydrogens is 444 g/mol. The van der Waals surface area contributed by atoms with Crippen LogP contribution >= 0.6 is 11.8 Å². The minimum absolute atomic E-state index is 0.0449. The monoisotopic (exact) mass is 474 g/mol. The van der Waals surface area contributed by atoms with Crippen molar-refractivity contribution in [1.82, 2.24) is 9.80 Å². The largest absolute Gasteiger partial charge is 0.341 e. The summed E-state index contributed by atoms with van der Waals surface area (Å²) in [7, 11) is 0. The van der Waals surface area contributed by atoms with Crippen molar-refractivity contribution in [2.24, 2.45) is 11.8 Å². The molecule has 0 saturated carbocycles. The molecule has 3 atom stereocenters. The molecule has 176 valence electrons. The van der Waals surface area contributed by atoms with Gasteiger partial charge in [0, 0.05) is 24.9 Å². The Balaban J connectivity index is 1.42. The molecule has 3 aliphatic carbocycles. The van der Waals surface area contributed by atoms with E-state index in [1.54, 1.807) is 11.8 Å². The number of likely N-dealkylation sites (tertiary alicyclic amines) is 2. The zero-order valence-corrected chi connectivity index (χ0v) is 20.3. The first-order valence-corrected chi connectivity index (χ1v) is 13.8. The SMILES string of the molecule is CSCC[C@H](C(=O)N1CCCCC1)N1C(=O)[C@@H]2C3c4ccccc4C(c4ccccc43)[C@H]2C1=O. The van der Waals surface area contributed by atoms with E-state index in [4.69, 9.17) is 0 Å². The molecule has 0 unspecified atom stereocenters. The highest BCUT2D eigenvalue weighted by Crippen LogP contribution is 2.61. The van der Waals surface area contributed by atoms with Crippen molar-refractivity contribution in [3.05, 3.63) is 70.8 Å². The van der Waals surface area contributed by atoms with Gasteiger partial charge in [0.15, 0.2) is 0 Å². The number of thioether (sulfide) groups is 1. The van der Waals surface area contributed by atoms with E-state index in [-0.39, 0.29) is 29.6 Å². The molecule has 34 heavy (non-hydrogen) atoms. The van der Waals surface area contributed by atoms with Gasteiger partial charge >= 0.3 is 0 Å². The first-order valence-electron chi connectivity index (χ1n) is 12.5. The van der Waals surface area contributed by atoms with E-state index >= 15 is 0 Å². The maximum atomic E-state index is 14.1. The van der Waals surface area contributed by atoms with Gasteiger partial charge in [-0.3, -0.25) is 19.3 Å². The van der Waals surface area contributed by atoms with Gasteiger partial charge in [0.25, 0.3) is 0 Å². The van der Waals surface area contributed by atoms with E-state index in [1.807, 2.05) is 35.4 Å². The molecule has 2 aliphatic heterocycles. The Morgan fingerprint density at radius 2 is 1.32 bits per heavy atom. The summed E-state index contributed by atoms with van der Waals surface area (Å²) < 4.78 is 0. The predicted octanol–water partition coefficient (Wildman–Crippen LogP) is 4.01. The fraction of sp³-hybridized carbons (Fsp3) is 0.464. The standard InChI is InChI=1S/C28H30N2O3S/c1-34-16-13-21(26(31)29-14-7-2-8-15-29)30-27(32)24-22-17-9-3-4-10-18(17)23(25(24)28(30)33)20-12-6-5-11-19(20)22/h3-6,9-12,21-25H,2,7-8,13-16H2,1H3/t21-,22?,23?,24-,25-/m1/s1. The topological polar surface area (TPSA) is 57.7 Å². The smallest absolute Gasteiger partial charge is 0.245 e. The first kappa shape index (κ1) is 21.9. The molecule has 0 spiro atoms. The summed E-state index contributed by atoms with van der Waals surface area (Å²) in [5.74, 6) is -0.705. The van der Waals surface area contributed by atoms with Crippen molar-refractivity contribution < 1.29 is 14.4 Å². The summed E-state index contributed by atoms with van der Waals surface area (Å²) >= 11 is 1.65. The van der Waals surface area contributed by atoms with Crippen molar-refractivity contribution in [1.29, 1.82) is 0 Å². The number of amides is 3. The van der Waals surface area contributed by atoms with Gasteiger partial charge in [-0.15, -0.1) is 0 Å². The number of rotatable bonds is 5. The minimum atomic E-state index is -0.693. The Morgan fingerprint density at radius 1 is 0.853 bits per heavy atom. The number of nitrogens with zero attached hydrogens (tertiary/aromatic N) is 2. The van der Waals surface area contributed by atoms with Crippen LogP contribution in [0.25, 0.3) is 0 Å². The molecule has 6 heteroatoms. The molecule has 7 rings (SSSR count). The molecule has 3 amide bonds. The highest BCUT2D eigenvalue weighted by molar-refractivity contribution is 7.98. The number of benzene rings is 2. The van der Waals surface area contributed by atoms with Crippen LogP contribution in [0.5, 0.6) is 0 Å². The lowest BCUT2D eigenvalue weighted by atomic mass is 9.55. The molecular formula is C28H30N2O3S. The minimum Gasteiger partial charge on any atom is -0.341 e. The number of hydrogen-bond donors (Lipinski definition) is 0. The van der Waals surface area contributed by atoms with E-state index < -0.39 is 17.9 Å². The molecule has 2 aromatic carbocycles. The van der Waals surface area contributed by atoms with E-state index in [2.05, 4.69) is 24.3 Å². The zero-order valence-electron chi connectivity index (χ0n) is 19.5. The molecule has 5 aliphatic rings. The van der Waals surface area contributed by atoms with E-state index in [0.717, 1.165) is 38.1 Å². The van der Waals surface area contributed by atoms with E-state index in [0.29, 0.717) is 6.42 Å². The van der Waals surface area contributed by atoms with Crippen LogP contribution in [0.2, 0.25) is 0 Å². The van der Waals surface area contributed by atoms with Gasteiger partial charge in [-0.1, -0.05) is 48.5 Å². The van der Waals surface area contributed by atoms with Crippen LogP contribution in [-0.2, 0) is 14.4 Å². The molecule has 2 bridgehead atoms. The van der Waals surface area contributed by atoms with Crippen LogP contribution in [-0.4, -0.2) is 58.7 Å². The molecule has 0 radical (unpaired) electrons. The predicted molar refractivity (Wildman–Crippen MR) is 133 cm³/mol. The average molecular weight is 475 g/mol. The molecule has 2 saturated heterocycles. The van der Waals surface area contributed by atoms with Gasteiger partial charge in [-0.2, -0.15) is 11.8 Å². The molecule has 0 aromatic heterocycles. The van der Waals surface area contributed by atoms with Gasteiger partial charge in [0.05, 0.1) is 11.8 Å². The Kier molecular flexibility index (Phi) is 5.51. The summed E-state index contributed by atoms with van der Waals surface area (Å²) in [6.07, 6.45) is 5.63. The van der Waals surface area contributed by atoms with Crippen molar-refractivity contribution in [3.63, 3.8) is 0 Å². The molecule has 0 N–H and O–H groups in total. The van der Waals surface area contributed by atoms with Crippen molar-refractivity contribution in [2.45, 2.75) is 43.6 Å². The van der Waals surface area contributed by atoms with E-state index in [9.17, 15) is 14.4 Å². The Bertz CT molecular complexity index is 1040. The zero-order chi connectivity index (χ0) is 23.4. The second-order valence-electron chi connectivity index (χ2n) is 9.99. The lowest BCUT2D eigenvalue weighted by Gasteiger charge is -2.45. The van der Waals surface area contributed by atoms with Gasteiger partial charge < -0.3 is 4.90 Å². The van der Waals surface area contributed by atoms with Gasteiger partial charge in [0.2, 0.25) is 17.7 Å². The van der Waals surface area contributed by atoms with Crippen LogP contribution < -0.4 is 0 Å². The number of carbonyl (C=O) groups excluding carboxylic acids is 3. The fourth-order valence-corrected chi connectivity index (χ4v) is 7.38. The highest BCUT2D eigenvalue weighted by Gasteiger charge is 2.63. The number of piperidine rings is 1. The highest BCUT2D eigenvalue weighted by atomic mass is 32.2. The third-order valence-corrected chi connectivity index (χ3v) is 8.99. The number of hydrogen-bond acceptors (Lipinski definition) is 4. The normalized spacial score (nSPS) is 27.9.